The number of rotatable bonds is 2. The number of amides is 2. The molecule has 2 amide bonds. The summed E-state index contributed by atoms with van der Waals surface area (Å²) in [6.45, 7) is 0. The SMILES string of the molecule is CNC(=O)c1c[c]cc(C(=O)NC)c1. The van der Waals surface area contributed by atoms with Crippen molar-refractivity contribution in [2.45, 2.75) is 0 Å². The first-order valence-electron chi connectivity index (χ1n) is 4.14. The van der Waals surface area contributed by atoms with Crippen LogP contribution in [0.5, 0.6) is 0 Å². The van der Waals surface area contributed by atoms with Crippen LogP contribution in [0.3, 0.4) is 0 Å². The van der Waals surface area contributed by atoms with E-state index < -0.39 is 0 Å². The van der Waals surface area contributed by atoms with Crippen molar-refractivity contribution in [3.05, 3.63) is 35.4 Å². The molecule has 1 aromatic rings. The molecule has 0 fully saturated rings. The maximum atomic E-state index is 11.2. The van der Waals surface area contributed by atoms with Gasteiger partial charge in [-0.05, 0) is 24.3 Å². The molecule has 0 bridgehead atoms. The number of hydrogen-bond donors (Lipinski definition) is 2. The highest BCUT2D eigenvalue weighted by atomic mass is 16.2. The molecule has 0 atom stereocenters. The molecule has 0 aliphatic carbocycles. The summed E-state index contributed by atoms with van der Waals surface area (Å²) in [7, 11) is 3.07. The second-order valence-electron chi connectivity index (χ2n) is 2.67. The smallest absolute Gasteiger partial charge is 0.251 e. The van der Waals surface area contributed by atoms with Crippen molar-refractivity contribution in [3.63, 3.8) is 0 Å². The molecule has 0 spiro atoms. The van der Waals surface area contributed by atoms with Gasteiger partial charge in [0, 0.05) is 25.2 Å². The Bertz CT molecular complexity index is 330. The highest BCUT2D eigenvalue weighted by molar-refractivity contribution is 5.99. The van der Waals surface area contributed by atoms with Gasteiger partial charge in [-0.15, -0.1) is 0 Å². The van der Waals surface area contributed by atoms with Gasteiger partial charge >= 0.3 is 0 Å². The number of nitrogens with one attached hydrogen (secondary N) is 2. The minimum atomic E-state index is -0.230. The molecule has 0 aliphatic rings. The van der Waals surface area contributed by atoms with Crippen molar-refractivity contribution in [2.24, 2.45) is 0 Å². The number of hydrogen-bond acceptors (Lipinski definition) is 2. The highest BCUT2D eigenvalue weighted by Gasteiger charge is 2.07. The van der Waals surface area contributed by atoms with Crippen LogP contribution in [0, 0.1) is 6.07 Å². The fourth-order valence-corrected chi connectivity index (χ4v) is 1.02. The largest absolute Gasteiger partial charge is 0.355 e. The van der Waals surface area contributed by atoms with Gasteiger partial charge in [-0.25, -0.2) is 0 Å². The van der Waals surface area contributed by atoms with E-state index in [9.17, 15) is 9.59 Å². The molecule has 4 nitrogen and oxygen atoms in total. The molecule has 1 rings (SSSR count). The Balaban J connectivity index is 3.01. The first-order chi connectivity index (χ1) is 6.69. The Morgan fingerprint density at radius 1 is 1.07 bits per heavy atom. The summed E-state index contributed by atoms with van der Waals surface area (Å²) in [6.07, 6.45) is 0. The van der Waals surface area contributed by atoms with E-state index >= 15 is 0 Å². The van der Waals surface area contributed by atoms with Crippen molar-refractivity contribution in [1.29, 1.82) is 0 Å². The molecule has 4 heteroatoms. The van der Waals surface area contributed by atoms with Crippen LogP contribution in [0.2, 0.25) is 0 Å². The van der Waals surface area contributed by atoms with Gasteiger partial charge in [0.15, 0.2) is 0 Å². The second kappa shape index (κ2) is 4.41. The third-order valence-corrected chi connectivity index (χ3v) is 1.77. The summed E-state index contributed by atoms with van der Waals surface area (Å²) in [5, 5.41) is 4.95. The Morgan fingerprint density at radius 3 is 1.86 bits per heavy atom. The number of carbonyl (C=O) groups is 2. The Morgan fingerprint density at radius 2 is 1.50 bits per heavy atom. The zero-order chi connectivity index (χ0) is 10.6. The maximum absolute atomic E-state index is 11.2. The van der Waals surface area contributed by atoms with Crippen LogP contribution < -0.4 is 10.6 Å². The first kappa shape index (κ1) is 10.2. The normalized spacial score (nSPS) is 9.29. The van der Waals surface area contributed by atoms with Crippen molar-refractivity contribution in [2.75, 3.05) is 14.1 Å². The minimum Gasteiger partial charge on any atom is -0.355 e. The van der Waals surface area contributed by atoms with Crippen LogP contribution in [0.1, 0.15) is 20.7 Å². The van der Waals surface area contributed by atoms with Gasteiger partial charge in [-0.2, -0.15) is 0 Å². The first-order valence-corrected chi connectivity index (χ1v) is 4.14. The van der Waals surface area contributed by atoms with Gasteiger partial charge < -0.3 is 10.6 Å². The minimum absolute atomic E-state index is 0.230. The molecule has 0 unspecified atom stereocenters. The fraction of sp³-hybridized carbons (Fsp3) is 0.200. The molecule has 0 saturated heterocycles. The standard InChI is InChI=1S/C10H11N2O2/c1-11-9(13)7-4-3-5-8(6-7)10(14)12-2/h4-6H,1-2H3,(H,11,13)(H,12,14). The van der Waals surface area contributed by atoms with E-state index in [0.717, 1.165) is 0 Å². The van der Waals surface area contributed by atoms with Crippen LogP contribution in [-0.4, -0.2) is 25.9 Å². The number of benzene rings is 1. The van der Waals surface area contributed by atoms with E-state index in [-0.39, 0.29) is 11.8 Å². The van der Waals surface area contributed by atoms with Gasteiger partial charge in [0.1, 0.15) is 0 Å². The molecule has 0 aromatic heterocycles. The quantitative estimate of drug-likeness (QED) is 0.701. The average molecular weight is 191 g/mol. The second-order valence-corrected chi connectivity index (χ2v) is 2.67. The van der Waals surface area contributed by atoms with E-state index in [0.29, 0.717) is 11.1 Å². The third kappa shape index (κ3) is 2.10. The Kier molecular flexibility index (Phi) is 3.23. The van der Waals surface area contributed by atoms with Gasteiger partial charge in [-0.1, -0.05) is 0 Å². The van der Waals surface area contributed by atoms with Crippen LogP contribution >= 0.6 is 0 Å². The van der Waals surface area contributed by atoms with Crippen LogP contribution in [0.25, 0.3) is 0 Å². The predicted octanol–water partition coefficient (Wildman–Crippen LogP) is 0.206. The van der Waals surface area contributed by atoms with Gasteiger partial charge in [-0.3, -0.25) is 9.59 Å². The third-order valence-electron chi connectivity index (χ3n) is 1.77. The molecule has 2 N–H and O–H groups in total. The highest BCUT2D eigenvalue weighted by Crippen LogP contribution is 2.04. The van der Waals surface area contributed by atoms with E-state index in [4.69, 9.17) is 0 Å². The Labute approximate surface area is 82.3 Å². The van der Waals surface area contributed by atoms with Gasteiger partial charge in [0.05, 0.1) is 0 Å². The molecule has 1 radical (unpaired) electrons. The van der Waals surface area contributed by atoms with E-state index in [2.05, 4.69) is 16.7 Å². The van der Waals surface area contributed by atoms with Crippen molar-refractivity contribution in [3.8, 4) is 0 Å². The summed E-state index contributed by atoms with van der Waals surface area (Å²) in [6, 6.07) is 7.33. The maximum Gasteiger partial charge on any atom is 0.251 e. The summed E-state index contributed by atoms with van der Waals surface area (Å²) in [5.74, 6) is -0.459. The number of carbonyl (C=O) groups excluding carboxylic acids is 2. The fourth-order valence-electron chi connectivity index (χ4n) is 1.02. The average Bonchev–Trinajstić information content (AvgIpc) is 2.27. The lowest BCUT2D eigenvalue weighted by Crippen LogP contribution is -2.21. The van der Waals surface area contributed by atoms with Gasteiger partial charge in [0.2, 0.25) is 0 Å². The van der Waals surface area contributed by atoms with Crippen molar-refractivity contribution < 1.29 is 9.59 Å². The molecule has 14 heavy (non-hydrogen) atoms. The topological polar surface area (TPSA) is 58.2 Å². The predicted molar refractivity (Wildman–Crippen MR) is 52.1 cm³/mol. The van der Waals surface area contributed by atoms with Crippen LogP contribution in [-0.2, 0) is 0 Å². The summed E-state index contributed by atoms with van der Waals surface area (Å²) < 4.78 is 0. The van der Waals surface area contributed by atoms with Crippen molar-refractivity contribution >= 4 is 11.8 Å². The lowest BCUT2D eigenvalue weighted by atomic mass is 10.1. The molecular weight excluding hydrogens is 180 g/mol. The zero-order valence-electron chi connectivity index (χ0n) is 8.05. The van der Waals surface area contributed by atoms with Gasteiger partial charge in [0.25, 0.3) is 11.8 Å². The molecular formula is C10H11N2O2. The summed E-state index contributed by atoms with van der Waals surface area (Å²) in [4.78, 5) is 22.4. The molecule has 73 valence electrons. The zero-order valence-corrected chi connectivity index (χ0v) is 8.05. The monoisotopic (exact) mass is 191 g/mol. The van der Waals surface area contributed by atoms with Crippen LogP contribution in [0.15, 0.2) is 18.2 Å². The lowest BCUT2D eigenvalue weighted by molar-refractivity contribution is 0.0962. The summed E-state index contributed by atoms with van der Waals surface area (Å²) in [5.41, 5.74) is 0.849. The Hall–Kier alpha value is -1.84. The van der Waals surface area contributed by atoms with Crippen LogP contribution in [0.4, 0.5) is 0 Å². The molecule has 0 heterocycles. The summed E-state index contributed by atoms with van der Waals surface area (Å²) >= 11 is 0. The lowest BCUT2D eigenvalue weighted by Gasteiger charge is -2.02. The van der Waals surface area contributed by atoms with E-state index in [1.165, 1.54) is 32.3 Å². The molecule has 0 aliphatic heterocycles. The molecule has 1 aromatic carbocycles. The van der Waals surface area contributed by atoms with E-state index in [1.807, 2.05) is 0 Å². The van der Waals surface area contributed by atoms with E-state index in [1.54, 1.807) is 0 Å². The van der Waals surface area contributed by atoms with Crippen molar-refractivity contribution in [1.82, 2.24) is 10.6 Å². The molecule has 0 saturated carbocycles.